The zero-order valence-corrected chi connectivity index (χ0v) is 15.1. The number of likely N-dealkylation sites (N-methyl/N-ethyl adjacent to an activating group) is 1. The number of benzene rings is 2. The number of rotatable bonds is 6. The number of sulfonamides is 1. The van der Waals surface area contributed by atoms with Crippen LogP contribution in [0.1, 0.15) is 28.9 Å². The Kier molecular flexibility index (Phi) is 5.71. The van der Waals surface area contributed by atoms with Gasteiger partial charge in [0.1, 0.15) is 6.04 Å². The molecule has 0 aliphatic heterocycles. The quantitative estimate of drug-likeness (QED) is 0.802. The lowest BCUT2D eigenvalue weighted by Gasteiger charge is -2.25. The maximum absolute atomic E-state index is 12.8. The van der Waals surface area contributed by atoms with Crippen molar-refractivity contribution in [2.24, 2.45) is 0 Å². The van der Waals surface area contributed by atoms with E-state index >= 15 is 0 Å². The first-order valence-electron chi connectivity index (χ1n) is 7.60. The molecular formula is C18H20N2O4S. The summed E-state index contributed by atoms with van der Waals surface area (Å²) in [6.07, 6.45) is 1.05. The first-order chi connectivity index (χ1) is 11.7. The van der Waals surface area contributed by atoms with Gasteiger partial charge in [0, 0.05) is 18.3 Å². The largest absolute Gasteiger partial charge is 0.324 e. The predicted molar refractivity (Wildman–Crippen MR) is 96.9 cm³/mol. The smallest absolute Gasteiger partial charge is 0.247 e. The Morgan fingerprint density at radius 2 is 1.68 bits per heavy atom. The van der Waals surface area contributed by atoms with Crippen molar-refractivity contribution in [3.8, 4) is 0 Å². The summed E-state index contributed by atoms with van der Waals surface area (Å²) in [6, 6.07) is 14.1. The van der Waals surface area contributed by atoms with Crippen LogP contribution in [0.15, 0.2) is 54.6 Å². The molecule has 7 heteroatoms. The molecule has 0 aliphatic carbocycles. The Bertz CT molecular complexity index is 879. The Labute approximate surface area is 147 Å². The van der Waals surface area contributed by atoms with Crippen LogP contribution in [0.3, 0.4) is 0 Å². The van der Waals surface area contributed by atoms with Crippen LogP contribution in [0, 0.1) is 0 Å². The van der Waals surface area contributed by atoms with Crippen LogP contribution in [0.5, 0.6) is 0 Å². The fourth-order valence-corrected chi connectivity index (χ4v) is 2.98. The summed E-state index contributed by atoms with van der Waals surface area (Å²) >= 11 is 0. The van der Waals surface area contributed by atoms with Gasteiger partial charge in [-0.2, -0.15) is 4.31 Å². The zero-order chi connectivity index (χ0) is 18.6. The van der Waals surface area contributed by atoms with E-state index in [1.807, 2.05) is 0 Å². The monoisotopic (exact) mass is 360 g/mol. The summed E-state index contributed by atoms with van der Waals surface area (Å²) in [6.45, 7) is 1.44. The maximum atomic E-state index is 12.8. The third kappa shape index (κ3) is 4.74. The molecule has 0 aliphatic rings. The lowest BCUT2D eigenvalue weighted by atomic mass is 10.1. The first kappa shape index (κ1) is 18.8. The van der Waals surface area contributed by atoms with E-state index in [1.165, 1.54) is 14.0 Å². The minimum atomic E-state index is -3.59. The number of nitrogens with one attached hydrogen (secondary N) is 1. The maximum Gasteiger partial charge on any atom is 0.247 e. The number of hydrogen-bond acceptors (Lipinski definition) is 4. The first-order valence-corrected chi connectivity index (χ1v) is 9.45. The van der Waals surface area contributed by atoms with Crippen molar-refractivity contribution in [3.05, 3.63) is 65.7 Å². The Morgan fingerprint density at radius 1 is 1.04 bits per heavy atom. The van der Waals surface area contributed by atoms with Gasteiger partial charge in [0.2, 0.25) is 15.9 Å². The highest BCUT2D eigenvalue weighted by molar-refractivity contribution is 7.88. The normalized spacial score (nSPS) is 12.6. The summed E-state index contributed by atoms with van der Waals surface area (Å²) in [7, 11) is -2.23. The van der Waals surface area contributed by atoms with E-state index in [-0.39, 0.29) is 5.78 Å². The van der Waals surface area contributed by atoms with E-state index < -0.39 is 22.0 Å². The Hall–Kier alpha value is -2.51. The average Bonchev–Trinajstić information content (AvgIpc) is 2.55. The van der Waals surface area contributed by atoms with Gasteiger partial charge in [0.05, 0.1) is 6.26 Å². The summed E-state index contributed by atoms with van der Waals surface area (Å²) < 4.78 is 24.9. The number of Topliss-reactive ketones (excluding diaryl/α,β-unsaturated/α-hetero) is 1. The molecule has 25 heavy (non-hydrogen) atoms. The third-order valence-electron chi connectivity index (χ3n) is 3.79. The highest BCUT2D eigenvalue weighted by Gasteiger charge is 2.30. The Morgan fingerprint density at radius 3 is 2.24 bits per heavy atom. The van der Waals surface area contributed by atoms with E-state index in [9.17, 15) is 18.0 Å². The van der Waals surface area contributed by atoms with E-state index in [1.54, 1.807) is 54.6 Å². The summed E-state index contributed by atoms with van der Waals surface area (Å²) in [5.74, 6) is -0.621. The van der Waals surface area contributed by atoms with Crippen molar-refractivity contribution in [1.82, 2.24) is 4.31 Å². The lowest BCUT2D eigenvalue weighted by molar-refractivity contribution is -0.119. The van der Waals surface area contributed by atoms with Crippen LogP contribution in [-0.4, -0.2) is 37.7 Å². The molecule has 0 saturated carbocycles. The molecule has 0 radical (unpaired) electrons. The van der Waals surface area contributed by atoms with Gasteiger partial charge < -0.3 is 5.32 Å². The van der Waals surface area contributed by atoms with E-state index in [0.29, 0.717) is 16.8 Å². The molecule has 0 saturated heterocycles. The number of amides is 1. The zero-order valence-electron chi connectivity index (χ0n) is 14.3. The van der Waals surface area contributed by atoms with E-state index in [2.05, 4.69) is 5.32 Å². The summed E-state index contributed by atoms with van der Waals surface area (Å²) in [4.78, 5) is 24.3. The predicted octanol–water partition coefficient (Wildman–Crippen LogP) is 2.46. The standard InChI is InChI=1S/C18H20N2O4S/c1-13(21)15-10-7-11-16(12-15)19-18(22)17(20(2)25(3,23)24)14-8-5-4-6-9-14/h4-12,17H,1-3H3,(H,19,22)/t17-/m0/s1. The van der Waals surface area contributed by atoms with Gasteiger partial charge in [-0.05, 0) is 24.6 Å². The lowest BCUT2D eigenvalue weighted by Crippen LogP contribution is -2.38. The fraction of sp³-hybridized carbons (Fsp3) is 0.222. The molecule has 2 aromatic rings. The van der Waals surface area contributed by atoms with Crippen LogP contribution >= 0.6 is 0 Å². The number of hydrogen-bond donors (Lipinski definition) is 1. The van der Waals surface area contributed by atoms with Crippen LogP contribution in [0.4, 0.5) is 5.69 Å². The Balaban J connectivity index is 2.36. The second kappa shape index (κ2) is 7.58. The third-order valence-corrected chi connectivity index (χ3v) is 5.04. The molecule has 6 nitrogen and oxygen atoms in total. The number of nitrogens with zero attached hydrogens (tertiary/aromatic N) is 1. The topological polar surface area (TPSA) is 83.6 Å². The van der Waals surface area contributed by atoms with Crippen molar-refractivity contribution < 1.29 is 18.0 Å². The molecular weight excluding hydrogens is 340 g/mol. The highest BCUT2D eigenvalue weighted by Crippen LogP contribution is 2.24. The van der Waals surface area contributed by atoms with Crippen LogP contribution in [0.2, 0.25) is 0 Å². The van der Waals surface area contributed by atoms with Crippen molar-refractivity contribution in [2.45, 2.75) is 13.0 Å². The summed E-state index contributed by atoms with van der Waals surface area (Å²) in [5.41, 5.74) is 1.45. The SMILES string of the molecule is CC(=O)c1cccc(NC(=O)[C@H](c2ccccc2)N(C)S(C)(=O)=O)c1. The fourth-order valence-electron chi connectivity index (χ4n) is 2.38. The molecule has 1 atom stereocenters. The van der Waals surface area contributed by atoms with Crippen molar-refractivity contribution in [3.63, 3.8) is 0 Å². The molecule has 2 aromatic carbocycles. The van der Waals surface area contributed by atoms with Gasteiger partial charge in [-0.25, -0.2) is 8.42 Å². The minimum Gasteiger partial charge on any atom is -0.324 e. The molecule has 0 unspecified atom stereocenters. The van der Waals surface area contributed by atoms with E-state index in [4.69, 9.17) is 0 Å². The van der Waals surface area contributed by atoms with Gasteiger partial charge in [-0.15, -0.1) is 0 Å². The molecule has 132 valence electrons. The molecule has 0 spiro atoms. The van der Waals surface area contributed by atoms with Gasteiger partial charge in [-0.1, -0.05) is 42.5 Å². The molecule has 1 N–H and O–H groups in total. The van der Waals surface area contributed by atoms with Crippen LogP contribution < -0.4 is 5.32 Å². The molecule has 2 rings (SSSR count). The highest BCUT2D eigenvalue weighted by atomic mass is 32.2. The average molecular weight is 360 g/mol. The van der Waals surface area contributed by atoms with Crippen LogP contribution in [0.25, 0.3) is 0 Å². The molecule has 0 fully saturated rings. The van der Waals surface area contributed by atoms with Gasteiger partial charge in [-0.3, -0.25) is 9.59 Å². The summed E-state index contributed by atoms with van der Waals surface area (Å²) in [5, 5.41) is 2.69. The van der Waals surface area contributed by atoms with Crippen LogP contribution in [-0.2, 0) is 14.8 Å². The number of anilines is 1. The second-order valence-electron chi connectivity index (χ2n) is 5.72. The molecule has 0 heterocycles. The molecule has 0 bridgehead atoms. The van der Waals surface area contributed by atoms with Gasteiger partial charge in [0.15, 0.2) is 5.78 Å². The van der Waals surface area contributed by atoms with Crippen molar-refractivity contribution >= 4 is 27.4 Å². The molecule has 1 amide bonds. The molecule has 0 aromatic heterocycles. The second-order valence-corrected chi connectivity index (χ2v) is 7.76. The van der Waals surface area contributed by atoms with Crippen molar-refractivity contribution in [2.75, 3.05) is 18.6 Å². The van der Waals surface area contributed by atoms with Gasteiger partial charge in [0.25, 0.3) is 0 Å². The number of ketones is 1. The van der Waals surface area contributed by atoms with E-state index in [0.717, 1.165) is 10.6 Å². The number of carbonyl (C=O) groups is 2. The number of carbonyl (C=O) groups excluding carboxylic acids is 2. The van der Waals surface area contributed by atoms with Gasteiger partial charge >= 0.3 is 0 Å². The van der Waals surface area contributed by atoms with Crippen molar-refractivity contribution in [1.29, 1.82) is 0 Å². The minimum absolute atomic E-state index is 0.121.